The van der Waals surface area contributed by atoms with Gasteiger partial charge in [-0.15, -0.1) is 0 Å². The number of hydrogen-bond acceptors (Lipinski definition) is 6. The number of halogens is 1. The molecule has 3 rings (SSSR count). The number of ether oxygens (including phenoxy) is 1. The normalized spacial score (nSPS) is 10.7. The lowest BCUT2D eigenvalue weighted by atomic mass is 10.1. The number of nitrogens with zero attached hydrogens (tertiary/aromatic N) is 2. The Morgan fingerprint density at radius 3 is 2.68 bits per heavy atom. The van der Waals surface area contributed by atoms with Crippen molar-refractivity contribution in [2.75, 3.05) is 6.54 Å². The molecule has 3 aromatic rings. The van der Waals surface area contributed by atoms with Gasteiger partial charge in [0.1, 0.15) is 36.2 Å². The Hall–Kier alpha value is -3.26. The number of aliphatic hydroxyl groups is 1. The molecule has 0 radical (unpaired) electrons. The summed E-state index contributed by atoms with van der Waals surface area (Å²) in [6.07, 6.45) is 2.29. The van der Waals surface area contributed by atoms with E-state index in [1.807, 2.05) is 6.92 Å². The summed E-state index contributed by atoms with van der Waals surface area (Å²) in [7, 11) is 0. The van der Waals surface area contributed by atoms with Crippen LogP contribution in [-0.2, 0) is 13.2 Å². The maximum atomic E-state index is 13.2. The van der Waals surface area contributed by atoms with Gasteiger partial charge in [0.05, 0.1) is 11.8 Å². The van der Waals surface area contributed by atoms with Crippen LogP contribution in [0.25, 0.3) is 11.3 Å². The fraction of sp³-hybridized carbons (Fsp3) is 0.250. The zero-order chi connectivity index (χ0) is 19.9. The van der Waals surface area contributed by atoms with Crippen molar-refractivity contribution < 1.29 is 23.6 Å². The van der Waals surface area contributed by atoms with Gasteiger partial charge in [0.2, 0.25) is 0 Å². The number of carbonyl (C=O) groups is 1. The smallest absolute Gasteiger partial charge is 0.269 e. The molecule has 0 saturated heterocycles. The lowest BCUT2D eigenvalue weighted by Crippen LogP contribution is -2.24. The topological polar surface area (TPSA) is 97.5 Å². The molecule has 0 spiro atoms. The highest BCUT2D eigenvalue weighted by Gasteiger charge is 2.18. The van der Waals surface area contributed by atoms with Gasteiger partial charge in [-0.25, -0.2) is 9.37 Å². The average molecular weight is 385 g/mol. The summed E-state index contributed by atoms with van der Waals surface area (Å²) in [4.78, 5) is 16.0. The Bertz CT molecular complexity index is 924. The summed E-state index contributed by atoms with van der Waals surface area (Å²) >= 11 is 0. The van der Waals surface area contributed by atoms with Crippen LogP contribution in [0.15, 0.2) is 47.1 Å². The van der Waals surface area contributed by atoms with E-state index < -0.39 is 0 Å². The predicted molar refractivity (Wildman–Crippen MR) is 99.0 cm³/mol. The molecule has 2 heterocycles. The molecule has 28 heavy (non-hydrogen) atoms. The van der Waals surface area contributed by atoms with Crippen LogP contribution in [0.5, 0.6) is 5.75 Å². The molecule has 2 aromatic heterocycles. The minimum absolute atomic E-state index is 0.0646. The number of carbonyl (C=O) groups excluding carboxylic acids is 1. The maximum absolute atomic E-state index is 13.2. The first kappa shape index (κ1) is 19.5. The molecule has 0 atom stereocenters. The highest BCUT2D eigenvalue weighted by molar-refractivity contribution is 5.92. The van der Waals surface area contributed by atoms with Gasteiger partial charge in [-0.3, -0.25) is 4.79 Å². The van der Waals surface area contributed by atoms with Crippen LogP contribution >= 0.6 is 0 Å². The number of pyridine rings is 1. The zero-order valence-corrected chi connectivity index (χ0v) is 15.3. The molecule has 146 valence electrons. The van der Waals surface area contributed by atoms with E-state index in [1.165, 1.54) is 18.3 Å². The molecular formula is C20H20FN3O4. The minimum atomic E-state index is -0.360. The first-order chi connectivity index (χ1) is 13.6. The monoisotopic (exact) mass is 385 g/mol. The summed E-state index contributed by atoms with van der Waals surface area (Å²) in [6.45, 7) is 2.27. The molecule has 0 fully saturated rings. The van der Waals surface area contributed by atoms with E-state index >= 15 is 0 Å². The number of aromatic nitrogens is 2. The first-order valence-electron chi connectivity index (χ1n) is 8.83. The van der Waals surface area contributed by atoms with E-state index in [0.717, 1.165) is 6.42 Å². The van der Waals surface area contributed by atoms with Crippen LogP contribution in [-0.4, -0.2) is 27.7 Å². The third-order valence-electron chi connectivity index (χ3n) is 4.02. The number of nitrogens with one attached hydrogen (secondary N) is 1. The number of benzene rings is 1. The van der Waals surface area contributed by atoms with Crippen LogP contribution in [0.1, 0.15) is 35.2 Å². The van der Waals surface area contributed by atoms with Crippen molar-refractivity contribution >= 4 is 5.91 Å². The van der Waals surface area contributed by atoms with E-state index in [9.17, 15) is 14.3 Å². The molecular weight excluding hydrogens is 365 g/mol. The summed E-state index contributed by atoms with van der Waals surface area (Å²) in [5, 5.41) is 16.2. The number of amides is 1. The lowest BCUT2D eigenvalue weighted by molar-refractivity contribution is 0.0948. The Balaban J connectivity index is 1.73. The van der Waals surface area contributed by atoms with Crippen molar-refractivity contribution in [1.29, 1.82) is 0 Å². The van der Waals surface area contributed by atoms with Gasteiger partial charge in [-0.1, -0.05) is 12.1 Å². The zero-order valence-electron chi connectivity index (χ0n) is 15.3. The fourth-order valence-corrected chi connectivity index (χ4v) is 2.54. The maximum Gasteiger partial charge on any atom is 0.269 e. The van der Waals surface area contributed by atoms with Crippen molar-refractivity contribution in [2.24, 2.45) is 0 Å². The molecule has 0 unspecified atom stereocenters. The van der Waals surface area contributed by atoms with Gasteiger partial charge in [0.25, 0.3) is 5.91 Å². The second kappa shape index (κ2) is 9.09. The third kappa shape index (κ3) is 4.52. The van der Waals surface area contributed by atoms with Crippen LogP contribution in [0.3, 0.4) is 0 Å². The number of rotatable bonds is 8. The molecule has 1 aromatic carbocycles. The van der Waals surface area contributed by atoms with Gasteiger partial charge in [0.15, 0.2) is 5.76 Å². The van der Waals surface area contributed by atoms with E-state index in [1.54, 1.807) is 24.3 Å². The number of hydrogen-bond donors (Lipinski definition) is 2. The van der Waals surface area contributed by atoms with Crippen molar-refractivity contribution in [3.8, 4) is 17.0 Å². The molecule has 0 aliphatic rings. The van der Waals surface area contributed by atoms with Crippen LogP contribution in [0.2, 0.25) is 0 Å². The van der Waals surface area contributed by atoms with Crippen molar-refractivity contribution in [3.05, 3.63) is 65.4 Å². The second-order valence-corrected chi connectivity index (χ2v) is 6.02. The second-order valence-electron chi connectivity index (χ2n) is 6.02. The van der Waals surface area contributed by atoms with Crippen molar-refractivity contribution in [3.63, 3.8) is 0 Å². The fourth-order valence-electron chi connectivity index (χ4n) is 2.54. The molecule has 0 saturated carbocycles. The van der Waals surface area contributed by atoms with E-state index in [2.05, 4.69) is 15.5 Å². The summed E-state index contributed by atoms with van der Waals surface area (Å²) in [5.41, 5.74) is 1.96. The average Bonchev–Trinajstić information content (AvgIpc) is 3.14. The first-order valence-corrected chi connectivity index (χ1v) is 8.83. The van der Waals surface area contributed by atoms with Gasteiger partial charge in [-0.2, -0.15) is 0 Å². The molecule has 0 aliphatic carbocycles. The van der Waals surface area contributed by atoms with Crippen molar-refractivity contribution in [2.45, 2.75) is 26.6 Å². The molecule has 7 nitrogen and oxygen atoms in total. The Kier molecular flexibility index (Phi) is 6.33. The lowest BCUT2D eigenvalue weighted by Gasteiger charge is -2.08. The highest BCUT2D eigenvalue weighted by atomic mass is 19.1. The van der Waals surface area contributed by atoms with Crippen LogP contribution in [0, 0.1) is 5.82 Å². The van der Waals surface area contributed by atoms with E-state index in [0.29, 0.717) is 34.8 Å². The van der Waals surface area contributed by atoms with Crippen LogP contribution < -0.4 is 10.1 Å². The molecule has 1 amide bonds. The van der Waals surface area contributed by atoms with Gasteiger partial charge in [-0.05, 0) is 42.8 Å². The summed E-state index contributed by atoms with van der Waals surface area (Å²) < 4.78 is 24.0. The highest BCUT2D eigenvalue weighted by Crippen LogP contribution is 2.27. The third-order valence-corrected chi connectivity index (χ3v) is 4.02. The number of aliphatic hydroxyl groups excluding tert-OH is 1. The molecule has 8 heteroatoms. The van der Waals surface area contributed by atoms with Gasteiger partial charge in [0, 0.05) is 12.1 Å². The predicted octanol–water partition coefficient (Wildman–Crippen LogP) is 3.09. The van der Waals surface area contributed by atoms with Gasteiger partial charge < -0.3 is 19.7 Å². The Morgan fingerprint density at radius 1 is 1.25 bits per heavy atom. The van der Waals surface area contributed by atoms with E-state index in [4.69, 9.17) is 9.26 Å². The molecule has 0 aliphatic heterocycles. The summed E-state index contributed by atoms with van der Waals surface area (Å²) in [5.74, 6) is 0.111. The summed E-state index contributed by atoms with van der Waals surface area (Å²) in [6, 6.07) is 8.99. The Labute approximate surface area is 161 Å². The molecule has 0 bridgehead atoms. The van der Waals surface area contributed by atoms with Crippen molar-refractivity contribution in [1.82, 2.24) is 15.5 Å². The van der Waals surface area contributed by atoms with Gasteiger partial charge >= 0.3 is 0 Å². The quantitative estimate of drug-likeness (QED) is 0.618. The largest absolute Gasteiger partial charge is 0.487 e. The standard InChI is InChI=1S/C20H20FN3O4/c1-2-9-22-20(26)17-8-7-15(10-23-17)27-12-16-18(11-25)28-24-19(16)13-3-5-14(21)6-4-13/h3-8,10,25H,2,9,11-12H2,1H3,(H,22,26). The minimum Gasteiger partial charge on any atom is -0.487 e. The van der Waals surface area contributed by atoms with Crippen LogP contribution in [0.4, 0.5) is 4.39 Å². The molecule has 2 N–H and O–H groups in total. The SMILES string of the molecule is CCCNC(=O)c1ccc(OCc2c(-c3ccc(F)cc3)noc2CO)cn1. The van der Waals surface area contributed by atoms with E-state index in [-0.39, 0.29) is 30.7 Å². The Morgan fingerprint density at radius 2 is 2.04 bits per heavy atom.